The van der Waals surface area contributed by atoms with Crippen molar-refractivity contribution in [3.63, 3.8) is 0 Å². The van der Waals surface area contributed by atoms with Crippen molar-refractivity contribution in [2.24, 2.45) is 0 Å². The van der Waals surface area contributed by atoms with Crippen molar-refractivity contribution in [1.82, 2.24) is 5.32 Å². The zero-order chi connectivity index (χ0) is 21.3. The normalized spacial score (nSPS) is 12.0. The molecule has 0 aromatic heterocycles. The van der Waals surface area contributed by atoms with Gasteiger partial charge in [-0.05, 0) is 25.1 Å². The van der Waals surface area contributed by atoms with Crippen molar-refractivity contribution in [3.05, 3.63) is 29.8 Å². The Hall–Kier alpha value is -3.31. The molecule has 1 aromatic rings. The maximum atomic E-state index is 12.5. The molecular formula is C16H15F4NO7. The topological polar surface area (TPSA) is 100 Å². The summed E-state index contributed by atoms with van der Waals surface area (Å²) in [6, 6.07) is 2.92. The molecule has 0 aliphatic heterocycles. The number of hydrogen-bond acceptors (Lipinski definition) is 7. The molecule has 0 fully saturated rings. The number of halogens is 4. The molecule has 12 heteroatoms. The highest BCUT2D eigenvalue weighted by Crippen LogP contribution is 2.28. The Balaban J connectivity index is 2.84. The summed E-state index contributed by atoms with van der Waals surface area (Å²) >= 11 is 0. The average Bonchev–Trinajstić information content (AvgIpc) is 2.59. The number of esters is 1. The molecule has 0 heterocycles. The summed E-state index contributed by atoms with van der Waals surface area (Å²) in [5.74, 6) is -2.97. The molecule has 0 saturated carbocycles. The van der Waals surface area contributed by atoms with Crippen LogP contribution in [0.5, 0.6) is 11.5 Å². The number of benzene rings is 1. The molecular weight excluding hydrogens is 394 g/mol. The molecule has 0 saturated heterocycles. The Bertz CT molecular complexity index is 740. The van der Waals surface area contributed by atoms with Crippen LogP contribution in [0.3, 0.4) is 0 Å². The van der Waals surface area contributed by atoms with Crippen LogP contribution < -0.4 is 14.8 Å². The number of hydrogen-bond donors (Lipinski definition) is 1. The van der Waals surface area contributed by atoms with Gasteiger partial charge in [0.05, 0.1) is 7.11 Å². The second kappa shape index (κ2) is 10.7. The fourth-order valence-corrected chi connectivity index (χ4v) is 1.70. The number of carbonyl (C=O) groups excluding carboxylic acids is 3. The van der Waals surface area contributed by atoms with Crippen LogP contribution in [0.4, 0.5) is 22.4 Å². The summed E-state index contributed by atoms with van der Waals surface area (Å²) in [7, 11) is 1.03. The molecule has 1 N–H and O–H groups in total. The van der Waals surface area contributed by atoms with E-state index < -0.39 is 48.8 Å². The summed E-state index contributed by atoms with van der Waals surface area (Å²) < 4.78 is 66.6. The van der Waals surface area contributed by atoms with E-state index in [0.717, 1.165) is 37.5 Å². The predicted octanol–water partition coefficient (Wildman–Crippen LogP) is 2.72. The van der Waals surface area contributed by atoms with Crippen molar-refractivity contribution in [2.75, 3.05) is 7.11 Å². The number of ether oxygens (including phenoxy) is 4. The van der Waals surface area contributed by atoms with Gasteiger partial charge in [0.1, 0.15) is 11.5 Å². The van der Waals surface area contributed by atoms with Crippen LogP contribution in [-0.4, -0.2) is 44.4 Å². The number of methoxy groups -OCH3 is 1. The molecule has 0 radical (unpaired) electrons. The molecule has 0 aliphatic rings. The van der Waals surface area contributed by atoms with Gasteiger partial charge in [0.25, 0.3) is 5.91 Å². The minimum atomic E-state index is -3.26. The molecule has 0 unspecified atom stereocenters. The second-order valence-electron chi connectivity index (χ2n) is 4.85. The van der Waals surface area contributed by atoms with Crippen LogP contribution in [0.2, 0.25) is 0 Å². The van der Waals surface area contributed by atoms with Gasteiger partial charge in [0.2, 0.25) is 0 Å². The SMILES string of the molecule is COC(=O)NC(=O)[C@H](C)OC(=O)/C=C/c1ccc(OC(F)F)cc1OC(F)F. The molecule has 1 aromatic carbocycles. The van der Waals surface area contributed by atoms with E-state index in [0.29, 0.717) is 0 Å². The summed E-state index contributed by atoms with van der Waals surface area (Å²) in [6.45, 7) is -5.26. The number of amides is 2. The monoisotopic (exact) mass is 409 g/mol. The first-order chi connectivity index (χ1) is 13.1. The highest BCUT2D eigenvalue weighted by molar-refractivity contribution is 5.96. The van der Waals surface area contributed by atoms with E-state index in [2.05, 4.69) is 14.2 Å². The first-order valence-electron chi connectivity index (χ1n) is 7.43. The van der Waals surface area contributed by atoms with Crippen LogP contribution in [0.15, 0.2) is 24.3 Å². The van der Waals surface area contributed by atoms with Crippen LogP contribution >= 0.6 is 0 Å². The number of alkyl halides is 4. The molecule has 28 heavy (non-hydrogen) atoms. The number of alkyl carbamates (subject to hydrolysis) is 1. The van der Waals surface area contributed by atoms with E-state index in [1.807, 2.05) is 0 Å². The number of carbonyl (C=O) groups is 3. The van der Waals surface area contributed by atoms with Gasteiger partial charge in [0.15, 0.2) is 6.10 Å². The van der Waals surface area contributed by atoms with E-state index in [1.165, 1.54) is 6.92 Å². The third-order valence-electron chi connectivity index (χ3n) is 2.90. The van der Waals surface area contributed by atoms with Gasteiger partial charge in [-0.2, -0.15) is 17.6 Å². The van der Waals surface area contributed by atoms with Crippen molar-refractivity contribution in [2.45, 2.75) is 26.3 Å². The molecule has 154 valence electrons. The zero-order valence-electron chi connectivity index (χ0n) is 14.5. The Morgan fingerprint density at radius 3 is 2.29 bits per heavy atom. The van der Waals surface area contributed by atoms with E-state index in [1.54, 1.807) is 5.32 Å². The van der Waals surface area contributed by atoms with Crippen LogP contribution in [0.1, 0.15) is 12.5 Å². The highest BCUT2D eigenvalue weighted by atomic mass is 19.3. The summed E-state index contributed by atoms with van der Waals surface area (Å²) in [5.41, 5.74) is -0.0782. The van der Waals surface area contributed by atoms with Gasteiger partial charge < -0.3 is 18.9 Å². The van der Waals surface area contributed by atoms with Gasteiger partial charge in [-0.15, -0.1) is 0 Å². The third kappa shape index (κ3) is 7.93. The van der Waals surface area contributed by atoms with Crippen LogP contribution in [0, 0.1) is 0 Å². The third-order valence-corrected chi connectivity index (χ3v) is 2.90. The van der Waals surface area contributed by atoms with Crippen molar-refractivity contribution in [3.8, 4) is 11.5 Å². The fourth-order valence-electron chi connectivity index (χ4n) is 1.70. The highest BCUT2D eigenvalue weighted by Gasteiger charge is 2.19. The average molecular weight is 409 g/mol. The van der Waals surface area contributed by atoms with E-state index in [-0.39, 0.29) is 5.56 Å². The predicted molar refractivity (Wildman–Crippen MR) is 84.8 cm³/mol. The first-order valence-corrected chi connectivity index (χ1v) is 7.43. The van der Waals surface area contributed by atoms with Crippen molar-refractivity contribution >= 4 is 24.0 Å². The molecule has 2 amide bonds. The molecule has 0 spiro atoms. The second-order valence-corrected chi connectivity index (χ2v) is 4.85. The van der Waals surface area contributed by atoms with E-state index >= 15 is 0 Å². The van der Waals surface area contributed by atoms with Gasteiger partial charge in [0, 0.05) is 17.7 Å². The van der Waals surface area contributed by atoms with E-state index in [4.69, 9.17) is 4.74 Å². The molecule has 0 bridgehead atoms. The van der Waals surface area contributed by atoms with Gasteiger partial charge in [-0.25, -0.2) is 9.59 Å². The zero-order valence-corrected chi connectivity index (χ0v) is 14.5. The van der Waals surface area contributed by atoms with Gasteiger partial charge in [-0.1, -0.05) is 0 Å². The van der Waals surface area contributed by atoms with Crippen LogP contribution in [0.25, 0.3) is 6.08 Å². The minimum absolute atomic E-state index is 0.0782. The standard InChI is InChI=1S/C16H15F4NO7/c1-8(13(23)21-16(24)25-2)26-12(22)6-4-9-3-5-10(27-14(17)18)7-11(9)28-15(19)20/h3-8,14-15H,1-2H3,(H,21,23,24)/b6-4+/t8-/m0/s1. The first kappa shape index (κ1) is 22.7. The fraction of sp³-hybridized carbons (Fsp3) is 0.312. The van der Waals surface area contributed by atoms with Gasteiger partial charge >= 0.3 is 25.3 Å². The maximum Gasteiger partial charge on any atom is 0.413 e. The molecule has 1 rings (SSSR count). The minimum Gasteiger partial charge on any atom is -0.453 e. The lowest BCUT2D eigenvalue weighted by molar-refractivity contribution is -0.149. The molecule has 8 nitrogen and oxygen atoms in total. The number of imide groups is 1. The lowest BCUT2D eigenvalue weighted by Gasteiger charge is -2.12. The summed E-state index contributed by atoms with van der Waals surface area (Å²) in [4.78, 5) is 34.1. The number of rotatable bonds is 8. The smallest absolute Gasteiger partial charge is 0.413 e. The molecule has 1 atom stereocenters. The Labute approximate surface area is 156 Å². The Morgan fingerprint density at radius 1 is 1.07 bits per heavy atom. The van der Waals surface area contributed by atoms with Crippen LogP contribution in [-0.2, 0) is 19.1 Å². The Morgan fingerprint density at radius 2 is 1.71 bits per heavy atom. The van der Waals surface area contributed by atoms with E-state index in [9.17, 15) is 31.9 Å². The quantitative estimate of drug-likeness (QED) is 0.400. The number of nitrogens with one attached hydrogen (secondary N) is 1. The van der Waals surface area contributed by atoms with Crippen molar-refractivity contribution < 1.29 is 50.9 Å². The summed E-state index contributed by atoms with van der Waals surface area (Å²) in [5, 5.41) is 1.78. The van der Waals surface area contributed by atoms with Crippen molar-refractivity contribution in [1.29, 1.82) is 0 Å². The maximum absolute atomic E-state index is 12.5. The Kier molecular flexibility index (Phi) is 8.72. The molecule has 0 aliphatic carbocycles. The van der Waals surface area contributed by atoms with Gasteiger partial charge in [-0.3, -0.25) is 10.1 Å². The summed E-state index contributed by atoms with van der Waals surface area (Å²) in [6.07, 6.45) is -0.640. The largest absolute Gasteiger partial charge is 0.453 e. The lowest BCUT2D eigenvalue weighted by atomic mass is 10.1. The lowest BCUT2D eigenvalue weighted by Crippen LogP contribution is -2.39.